The summed E-state index contributed by atoms with van der Waals surface area (Å²) >= 11 is 0. The highest BCUT2D eigenvalue weighted by Gasteiger charge is 1.42. The summed E-state index contributed by atoms with van der Waals surface area (Å²) in [5.74, 6) is 0. The molecule has 0 spiro atoms. The molecule has 0 aromatic carbocycles. The molecular formula is H5BClN2. The van der Waals surface area contributed by atoms with Crippen molar-refractivity contribution in [1.82, 2.24) is 0 Å². The van der Waals surface area contributed by atoms with Gasteiger partial charge in [-0.25, -0.2) is 0 Å². The fourth-order valence-electron chi connectivity index (χ4n) is 0. The van der Waals surface area contributed by atoms with Crippen LogP contribution in [-0.2, 0) is 0 Å². The highest BCUT2D eigenvalue weighted by Crippen LogP contribution is 0.750. The Morgan fingerprint density at radius 3 is 1.25 bits per heavy atom. The van der Waals surface area contributed by atoms with E-state index in [2.05, 4.69) is 11.3 Å². The molecule has 25 valence electrons. The molecule has 0 unspecified atom stereocenters. The Bertz CT molecular complexity index is 6.00. The van der Waals surface area contributed by atoms with Crippen LogP contribution < -0.4 is 11.3 Å². The second kappa shape index (κ2) is 10.4. The van der Waals surface area contributed by atoms with Gasteiger partial charge in [-0.3, -0.25) is 0 Å². The minimum Gasteiger partial charge on any atom is -0.360 e. The van der Waals surface area contributed by atoms with Crippen LogP contribution in [0.25, 0.3) is 0 Å². The zero-order valence-corrected chi connectivity index (χ0v) is 2.96. The quantitative estimate of drug-likeness (QED) is 0.361. The zero-order chi connectivity index (χ0) is 2.71. The van der Waals surface area contributed by atoms with E-state index in [1.165, 1.54) is 0 Å². The minimum absolute atomic E-state index is 0. The molecule has 0 aliphatic carbocycles. The van der Waals surface area contributed by atoms with Crippen molar-refractivity contribution in [3.8, 4) is 0 Å². The monoisotopic (exact) mass is 79.0 g/mol. The number of hydrogen-bond acceptors (Lipinski definition) is 2. The largest absolute Gasteiger partial charge is 0.360 e. The Kier molecular flexibility index (Phi) is 23.1. The van der Waals surface area contributed by atoms with Crippen LogP contribution in [0.15, 0.2) is 0 Å². The van der Waals surface area contributed by atoms with Crippen LogP contribution in [0.3, 0.4) is 0 Å². The van der Waals surface area contributed by atoms with Crippen molar-refractivity contribution in [2.75, 3.05) is 0 Å². The third kappa shape index (κ3) is 48.9. The second-order valence-corrected chi connectivity index (χ2v) is 0.192. The van der Waals surface area contributed by atoms with Crippen molar-refractivity contribution in [3.05, 3.63) is 0 Å². The lowest BCUT2D eigenvalue weighted by Gasteiger charge is -1.48. The van der Waals surface area contributed by atoms with Gasteiger partial charge in [0.25, 0.3) is 0 Å². The highest BCUT2D eigenvalue weighted by molar-refractivity contribution is 6.26. The molecule has 4 heteroatoms. The summed E-state index contributed by atoms with van der Waals surface area (Å²) in [5.41, 5.74) is 9.00. The number of nitrogens with two attached hydrogens (primary N) is 2. The zero-order valence-electron chi connectivity index (χ0n) is 2.14. The lowest BCUT2D eigenvalue weighted by molar-refractivity contribution is 1.76. The van der Waals surface area contributed by atoms with Crippen LogP contribution in [0, 0.1) is 0 Å². The summed E-state index contributed by atoms with van der Waals surface area (Å²) < 4.78 is 0. The van der Waals surface area contributed by atoms with Gasteiger partial charge in [0.1, 0.15) is 0 Å². The van der Waals surface area contributed by atoms with E-state index in [-0.39, 0.29) is 12.4 Å². The van der Waals surface area contributed by atoms with Crippen LogP contribution >= 0.6 is 12.4 Å². The third-order valence-electron chi connectivity index (χ3n) is 0. The molecule has 0 bridgehead atoms. The molecule has 0 atom stereocenters. The van der Waals surface area contributed by atoms with Gasteiger partial charge in [0.15, 0.2) is 0 Å². The Balaban J connectivity index is 0. The first-order valence-electron chi connectivity index (χ1n) is 0.667. The number of hydrogen-bond donors (Lipinski definition) is 2. The molecule has 0 rings (SSSR count). The maximum atomic E-state index is 4.50. The van der Waals surface area contributed by atoms with E-state index < -0.39 is 0 Å². The first kappa shape index (κ1) is 8.86. The molecule has 0 heterocycles. The fourth-order valence-corrected chi connectivity index (χ4v) is 0. The summed E-state index contributed by atoms with van der Waals surface area (Å²) in [5, 5.41) is 0. The van der Waals surface area contributed by atoms with Crippen molar-refractivity contribution in [1.29, 1.82) is 0 Å². The average Bonchev–Trinajstić information content (AvgIpc) is 0.918. The van der Waals surface area contributed by atoms with E-state index in [9.17, 15) is 0 Å². The summed E-state index contributed by atoms with van der Waals surface area (Å²) in [6.07, 6.45) is 0. The van der Waals surface area contributed by atoms with Crippen molar-refractivity contribution in [3.63, 3.8) is 0 Å². The summed E-state index contributed by atoms with van der Waals surface area (Å²) in [7, 11) is 1.00. The van der Waals surface area contributed by atoms with E-state index in [0.29, 0.717) is 0 Å². The van der Waals surface area contributed by atoms with Crippen LogP contribution in [0.4, 0.5) is 0 Å². The van der Waals surface area contributed by atoms with Gasteiger partial charge < -0.3 is 11.3 Å². The Hall–Kier alpha value is 0.275. The van der Waals surface area contributed by atoms with Gasteiger partial charge in [0.05, 0.1) is 0 Å². The lowest BCUT2D eigenvalue weighted by Crippen LogP contribution is -2.15. The topological polar surface area (TPSA) is 52.0 Å². The van der Waals surface area contributed by atoms with E-state index in [4.69, 9.17) is 0 Å². The van der Waals surface area contributed by atoms with E-state index >= 15 is 0 Å². The van der Waals surface area contributed by atoms with Crippen LogP contribution in [0.1, 0.15) is 0 Å². The SMILES string of the molecule is Cl.N[B]N. The first-order valence-corrected chi connectivity index (χ1v) is 0.667. The van der Waals surface area contributed by atoms with E-state index in [0.717, 1.165) is 7.55 Å². The molecular weight excluding hydrogens is 74.3 g/mol. The number of rotatable bonds is 0. The molecule has 0 saturated carbocycles. The molecule has 0 aromatic rings. The Labute approximate surface area is 32.2 Å². The third-order valence-corrected chi connectivity index (χ3v) is 0. The van der Waals surface area contributed by atoms with Crippen molar-refractivity contribution >= 4 is 20.0 Å². The van der Waals surface area contributed by atoms with Gasteiger partial charge in [0.2, 0.25) is 0 Å². The summed E-state index contributed by atoms with van der Waals surface area (Å²) in [4.78, 5) is 0. The molecule has 0 aliphatic rings. The van der Waals surface area contributed by atoms with Gasteiger partial charge >= 0.3 is 7.55 Å². The molecule has 4 heavy (non-hydrogen) atoms. The second-order valence-electron chi connectivity index (χ2n) is 0.192. The predicted molar refractivity (Wildman–Crippen MR) is 21.4 cm³/mol. The molecule has 0 aromatic heterocycles. The summed E-state index contributed by atoms with van der Waals surface area (Å²) in [6.45, 7) is 0. The molecule has 0 saturated heterocycles. The molecule has 0 amide bonds. The Morgan fingerprint density at radius 2 is 1.25 bits per heavy atom. The van der Waals surface area contributed by atoms with Gasteiger partial charge in [-0.15, -0.1) is 12.4 Å². The molecule has 0 fully saturated rings. The standard InChI is InChI=1S/BH4N2.ClH/c2-1-3;/h2-3H2;1H. The lowest BCUT2D eigenvalue weighted by atomic mass is 10.3. The van der Waals surface area contributed by atoms with Gasteiger partial charge in [-0.05, 0) is 0 Å². The molecule has 0 aliphatic heterocycles. The first-order chi connectivity index (χ1) is 1.41. The highest BCUT2D eigenvalue weighted by atomic mass is 35.5. The van der Waals surface area contributed by atoms with E-state index in [1.54, 1.807) is 0 Å². The normalized spacial score (nSPS) is 3.50. The maximum Gasteiger partial charge on any atom is 0.301 e. The molecule has 1 radical (unpaired) electrons. The minimum atomic E-state index is 0. The molecule has 4 N–H and O–H groups in total. The van der Waals surface area contributed by atoms with E-state index in [1.807, 2.05) is 0 Å². The van der Waals surface area contributed by atoms with Crippen molar-refractivity contribution in [2.24, 2.45) is 11.3 Å². The van der Waals surface area contributed by atoms with Crippen LogP contribution in [0.5, 0.6) is 0 Å². The molecule has 2 nitrogen and oxygen atoms in total. The van der Waals surface area contributed by atoms with Gasteiger partial charge in [0, 0.05) is 0 Å². The predicted octanol–water partition coefficient (Wildman–Crippen LogP) is -1.14. The fraction of sp³-hybridized carbons (Fsp3) is 0. The maximum absolute atomic E-state index is 4.50. The number of halogens is 1. The summed E-state index contributed by atoms with van der Waals surface area (Å²) in [6, 6.07) is 0. The smallest absolute Gasteiger partial charge is 0.301 e. The van der Waals surface area contributed by atoms with Gasteiger partial charge in [-0.2, -0.15) is 0 Å². The van der Waals surface area contributed by atoms with Gasteiger partial charge in [-0.1, -0.05) is 0 Å². The average molecular weight is 79.3 g/mol. The van der Waals surface area contributed by atoms with Crippen LogP contribution in [-0.4, -0.2) is 7.55 Å². The van der Waals surface area contributed by atoms with Crippen LogP contribution in [0.2, 0.25) is 0 Å². The van der Waals surface area contributed by atoms with Crippen molar-refractivity contribution in [2.45, 2.75) is 0 Å². The van der Waals surface area contributed by atoms with Crippen molar-refractivity contribution < 1.29 is 0 Å². The Morgan fingerprint density at radius 1 is 1.25 bits per heavy atom.